The maximum absolute atomic E-state index is 8.81. The zero-order chi connectivity index (χ0) is 14.5. The van der Waals surface area contributed by atoms with Crippen molar-refractivity contribution in [3.05, 3.63) is 48.9 Å². The molecule has 3 aromatic rings. The number of hydrogen-bond acceptors (Lipinski definition) is 6. The van der Waals surface area contributed by atoms with Gasteiger partial charge in [0.25, 0.3) is 0 Å². The van der Waals surface area contributed by atoms with E-state index in [1.165, 1.54) is 6.33 Å². The molecule has 0 saturated heterocycles. The molecular weight excluding hydrogens is 266 g/mol. The Morgan fingerprint density at radius 1 is 1.00 bits per heavy atom. The first-order chi connectivity index (χ1) is 10.3. The number of hydrogen-bond donors (Lipinski definition) is 3. The summed E-state index contributed by atoms with van der Waals surface area (Å²) < 4.78 is 0. The van der Waals surface area contributed by atoms with Gasteiger partial charge in [0, 0.05) is 29.9 Å². The largest absolute Gasteiger partial charge is 0.395 e. The predicted molar refractivity (Wildman–Crippen MR) is 82.6 cm³/mol. The van der Waals surface area contributed by atoms with E-state index in [2.05, 4.69) is 25.6 Å². The van der Waals surface area contributed by atoms with Crippen LogP contribution in [-0.2, 0) is 0 Å². The number of nitrogens with zero attached hydrogens (tertiary/aromatic N) is 3. The van der Waals surface area contributed by atoms with Gasteiger partial charge in [0.05, 0.1) is 12.1 Å². The Kier molecular flexibility index (Phi) is 3.88. The molecule has 1 aromatic carbocycles. The number of rotatable bonds is 5. The van der Waals surface area contributed by atoms with Crippen molar-refractivity contribution in [2.45, 2.75) is 0 Å². The van der Waals surface area contributed by atoms with Crippen molar-refractivity contribution >= 4 is 28.2 Å². The zero-order valence-electron chi connectivity index (χ0n) is 11.3. The second-order valence-corrected chi connectivity index (χ2v) is 4.47. The molecule has 0 aliphatic heterocycles. The van der Waals surface area contributed by atoms with Crippen LogP contribution in [0.15, 0.2) is 48.9 Å². The first-order valence-corrected chi connectivity index (χ1v) is 6.64. The first kappa shape index (κ1) is 13.3. The van der Waals surface area contributed by atoms with E-state index >= 15 is 0 Å². The molecule has 3 rings (SSSR count). The van der Waals surface area contributed by atoms with Crippen LogP contribution in [-0.4, -0.2) is 33.2 Å². The third-order valence-electron chi connectivity index (χ3n) is 2.96. The number of fused-ring (bicyclic) bond motifs is 1. The second kappa shape index (κ2) is 6.15. The molecule has 2 heterocycles. The van der Waals surface area contributed by atoms with Crippen LogP contribution in [0.1, 0.15) is 0 Å². The minimum atomic E-state index is 0.0600. The van der Waals surface area contributed by atoms with Gasteiger partial charge in [0.2, 0.25) is 0 Å². The summed E-state index contributed by atoms with van der Waals surface area (Å²) in [6.07, 6.45) is 3.25. The molecule has 0 aliphatic rings. The van der Waals surface area contributed by atoms with E-state index in [1.807, 2.05) is 30.3 Å². The quantitative estimate of drug-likeness (QED) is 0.665. The SMILES string of the molecule is OCCNc1cc(Nc2ccc3ncccc3c2)ncn1. The molecule has 6 nitrogen and oxygen atoms in total. The van der Waals surface area contributed by atoms with Crippen molar-refractivity contribution in [2.75, 3.05) is 23.8 Å². The molecule has 0 amide bonds. The maximum Gasteiger partial charge on any atom is 0.135 e. The highest BCUT2D eigenvalue weighted by atomic mass is 16.3. The van der Waals surface area contributed by atoms with Crippen LogP contribution in [0.5, 0.6) is 0 Å². The minimum absolute atomic E-state index is 0.0600. The van der Waals surface area contributed by atoms with Crippen LogP contribution < -0.4 is 10.6 Å². The van der Waals surface area contributed by atoms with E-state index in [-0.39, 0.29) is 6.61 Å². The number of anilines is 3. The Morgan fingerprint density at radius 2 is 1.90 bits per heavy atom. The summed E-state index contributed by atoms with van der Waals surface area (Å²) in [6, 6.07) is 11.7. The summed E-state index contributed by atoms with van der Waals surface area (Å²) in [7, 11) is 0. The Balaban J connectivity index is 1.81. The molecule has 3 N–H and O–H groups in total. The lowest BCUT2D eigenvalue weighted by Crippen LogP contribution is -2.07. The average Bonchev–Trinajstić information content (AvgIpc) is 2.53. The number of nitrogens with one attached hydrogen (secondary N) is 2. The lowest BCUT2D eigenvalue weighted by Gasteiger charge is -2.08. The smallest absolute Gasteiger partial charge is 0.135 e. The first-order valence-electron chi connectivity index (χ1n) is 6.64. The lowest BCUT2D eigenvalue weighted by atomic mass is 10.2. The van der Waals surface area contributed by atoms with Gasteiger partial charge >= 0.3 is 0 Å². The Hall–Kier alpha value is -2.73. The highest BCUT2D eigenvalue weighted by molar-refractivity contribution is 5.83. The standard InChI is InChI=1S/C15H15N5O/c21-7-6-17-14-9-15(19-10-18-14)20-12-3-4-13-11(8-12)2-1-5-16-13/h1-5,8-10,21H,6-7H2,(H2,17,18,19,20). The molecular formula is C15H15N5O. The van der Waals surface area contributed by atoms with Crippen LogP contribution in [0.4, 0.5) is 17.3 Å². The van der Waals surface area contributed by atoms with Gasteiger partial charge in [-0.05, 0) is 24.3 Å². The zero-order valence-corrected chi connectivity index (χ0v) is 11.3. The van der Waals surface area contributed by atoms with Crippen LogP contribution in [0.2, 0.25) is 0 Å². The van der Waals surface area contributed by atoms with Gasteiger partial charge in [-0.3, -0.25) is 4.98 Å². The highest BCUT2D eigenvalue weighted by Crippen LogP contribution is 2.20. The van der Waals surface area contributed by atoms with E-state index < -0.39 is 0 Å². The third-order valence-corrected chi connectivity index (χ3v) is 2.96. The van der Waals surface area contributed by atoms with E-state index in [0.29, 0.717) is 18.2 Å². The molecule has 0 fully saturated rings. The number of aliphatic hydroxyl groups is 1. The van der Waals surface area contributed by atoms with Gasteiger partial charge in [0.1, 0.15) is 18.0 Å². The summed E-state index contributed by atoms with van der Waals surface area (Å²) in [4.78, 5) is 12.6. The second-order valence-electron chi connectivity index (χ2n) is 4.47. The molecule has 0 bridgehead atoms. The highest BCUT2D eigenvalue weighted by Gasteiger charge is 2.01. The van der Waals surface area contributed by atoms with Crippen LogP contribution >= 0.6 is 0 Å². The topological polar surface area (TPSA) is 83.0 Å². The molecule has 0 saturated carbocycles. The fourth-order valence-corrected chi connectivity index (χ4v) is 2.01. The van der Waals surface area contributed by atoms with E-state index in [1.54, 1.807) is 12.3 Å². The number of pyridine rings is 1. The Bertz CT molecular complexity index is 747. The van der Waals surface area contributed by atoms with Gasteiger partial charge in [-0.2, -0.15) is 0 Å². The monoisotopic (exact) mass is 281 g/mol. The Labute approximate surface area is 121 Å². The molecule has 106 valence electrons. The summed E-state index contributed by atoms with van der Waals surface area (Å²) in [5, 5.41) is 16.1. The van der Waals surface area contributed by atoms with Crippen molar-refractivity contribution in [1.82, 2.24) is 15.0 Å². The molecule has 0 radical (unpaired) electrons. The molecule has 0 aliphatic carbocycles. The normalized spacial score (nSPS) is 10.5. The molecule has 21 heavy (non-hydrogen) atoms. The minimum Gasteiger partial charge on any atom is -0.395 e. The third kappa shape index (κ3) is 3.24. The number of aliphatic hydroxyl groups excluding tert-OH is 1. The van der Waals surface area contributed by atoms with Gasteiger partial charge in [-0.25, -0.2) is 9.97 Å². The summed E-state index contributed by atoms with van der Waals surface area (Å²) in [6.45, 7) is 0.516. The van der Waals surface area contributed by atoms with Crippen molar-refractivity contribution in [3.63, 3.8) is 0 Å². The summed E-state index contributed by atoms with van der Waals surface area (Å²) in [5.41, 5.74) is 1.89. The van der Waals surface area contributed by atoms with Gasteiger partial charge in [0.15, 0.2) is 0 Å². The van der Waals surface area contributed by atoms with Gasteiger partial charge in [-0.1, -0.05) is 6.07 Å². The van der Waals surface area contributed by atoms with Crippen molar-refractivity contribution in [1.29, 1.82) is 0 Å². The molecule has 0 spiro atoms. The van der Waals surface area contributed by atoms with Crippen molar-refractivity contribution in [3.8, 4) is 0 Å². The van der Waals surface area contributed by atoms with E-state index in [0.717, 1.165) is 16.6 Å². The average molecular weight is 281 g/mol. The van der Waals surface area contributed by atoms with E-state index in [9.17, 15) is 0 Å². The number of aromatic nitrogens is 3. The number of benzene rings is 1. The lowest BCUT2D eigenvalue weighted by molar-refractivity contribution is 0.311. The molecule has 2 aromatic heterocycles. The fraction of sp³-hybridized carbons (Fsp3) is 0.133. The van der Waals surface area contributed by atoms with Crippen molar-refractivity contribution < 1.29 is 5.11 Å². The molecule has 0 unspecified atom stereocenters. The summed E-state index contributed by atoms with van der Waals surface area (Å²) >= 11 is 0. The molecule has 6 heteroatoms. The van der Waals surface area contributed by atoms with Crippen LogP contribution in [0.25, 0.3) is 10.9 Å². The van der Waals surface area contributed by atoms with Crippen LogP contribution in [0, 0.1) is 0 Å². The summed E-state index contributed by atoms with van der Waals surface area (Å²) in [5.74, 6) is 1.36. The van der Waals surface area contributed by atoms with Crippen molar-refractivity contribution in [2.24, 2.45) is 0 Å². The fourth-order valence-electron chi connectivity index (χ4n) is 2.01. The maximum atomic E-state index is 8.81. The van der Waals surface area contributed by atoms with Crippen LogP contribution in [0.3, 0.4) is 0 Å². The molecule has 0 atom stereocenters. The van der Waals surface area contributed by atoms with E-state index in [4.69, 9.17) is 5.11 Å². The van der Waals surface area contributed by atoms with Gasteiger partial charge in [-0.15, -0.1) is 0 Å². The predicted octanol–water partition coefficient (Wildman–Crippen LogP) is 2.17. The van der Waals surface area contributed by atoms with Gasteiger partial charge < -0.3 is 15.7 Å². The Morgan fingerprint density at radius 3 is 2.81 bits per heavy atom.